The van der Waals surface area contributed by atoms with Gasteiger partial charge >= 0.3 is 0 Å². The molecule has 18 heavy (non-hydrogen) atoms. The maximum absolute atomic E-state index is 13.3. The monoisotopic (exact) mass is 375 g/mol. The van der Waals surface area contributed by atoms with E-state index in [1.165, 1.54) is 18.2 Å². The Morgan fingerprint density at radius 1 is 1.00 bits per heavy atom. The highest BCUT2D eigenvalue weighted by Crippen LogP contribution is 2.20. The van der Waals surface area contributed by atoms with Crippen LogP contribution in [-0.2, 0) is 6.54 Å². The van der Waals surface area contributed by atoms with Crippen LogP contribution in [-0.4, -0.2) is 0 Å². The van der Waals surface area contributed by atoms with Gasteiger partial charge in [-0.15, -0.1) is 0 Å². The van der Waals surface area contributed by atoms with Crippen LogP contribution in [0.25, 0.3) is 0 Å². The first-order valence-corrected chi connectivity index (χ1v) is 6.77. The molecule has 5 heteroatoms. The van der Waals surface area contributed by atoms with E-state index in [9.17, 15) is 8.78 Å². The number of rotatable bonds is 3. The first-order valence-electron chi connectivity index (χ1n) is 5.18. The van der Waals surface area contributed by atoms with Gasteiger partial charge in [-0.05, 0) is 57.9 Å². The summed E-state index contributed by atoms with van der Waals surface area (Å²) < 4.78 is 27.5. The Morgan fingerprint density at radius 2 is 1.78 bits per heavy atom. The van der Waals surface area contributed by atoms with Crippen molar-refractivity contribution in [3.8, 4) is 0 Å². The molecule has 0 fully saturated rings. The largest absolute Gasteiger partial charge is 0.381 e. The van der Waals surface area contributed by atoms with E-state index in [-0.39, 0.29) is 11.6 Å². The lowest BCUT2D eigenvalue weighted by molar-refractivity contribution is 0.621. The molecule has 0 aromatic heterocycles. The average Bonchev–Trinajstić information content (AvgIpc) is 2.29. The minimum Gasteiger partial charge on any atom is -0.381 e. The van der Waals surface area contributed by atoms with Crippen molar-refractivity contribution in [2.24, 2.45) is 0 Å². The second-order valence-electron chi connectivity index (χ2n) is 3.76. The standard InChI is InChI=1S/C13H9Br2F2N/c14-9-3-8(4-10(16)5-9)7-18-11-1-2-12(15)13(17)6-11/h1-6,18H,7H2. The highest BCUT2D eigenvalue weighted by atomic mass is 79.9. The summed E-state index contributed by atoms with van der Waals surface area (Å²) in [6.07, 6.45) is 0. The molecule has 0 radical (unpaired) electrons. The molecule has 0 saturated heterocycles. The summed E-state index contributed by atoms with van der Waals surface area (Å²) in [6.45, 7) is 0.428. The van der Waals surface area contributed by atoms with E-state index in [0.29, 0.717) is 21.2 Å². The van der Waals surface area contributed by atoms with Crippen molar-refractivity contribution >= 4 is 37.5 Å². The normalized spacial score (nSPS) is 10.4. The number of halogens is 4. The van der Waals surface area contributed by atoms with Gasteiger partial charge < -0.3 is 5.32 Å². The van der Waals surface area contributed by atoms with Crippen LogP contribution in [0.3, 0.4) is 0 Å². The molecule has 0 spiro atoms. The van der Waals surface area contributed by atoms with Crippen molar-refractivity contribution in [3.63, 3.8) is 0 Å². The van der Waals surface area contributed by atoms with Crippen molar-refractivity contribution in [3.05, 3.63) is 62.5 Å². The first kappa shape index (κ1) is 13.5. The number of hydrogen-bond donors (Lipinski definition) is 1. The summed E-state index contributed by atoms with van der Waals surface area (Å²) in [4.78, 5) is 0. The average molecular weight is 377 g/mol. The second kappa shape index (κ2) is 5.80. The molecule has 0 saturated carbocycles. The Labute approximate surface area is 120 Å². The third-order valence-corrected chi connectivity index (χ3v) is 3.44. The fourth-order valence-electron chi connectivity index (χ4n) is 1.52. The number of nitrogens with one attached hydrogen (secondary N) is 1. The maximum atomic E-state index is 13.3. The van der Waals surface area contributed by atoms with Gasteiger partial charge in [0.1, 0.15) is 11.6 Å². The van der Waals surface area contributed by atoms with E-state index in [0.717, 1.165) is 5.56 Å². The van der Waals surface area contributed by atoms with Crippen molar-refractivity contribution in [1.82, 2.24) is 0 Å². The van der Waals surface area contributed by atoms with Crippen LogP contribution < -0.4 is 5.32 Å². The molecule has 1 nitrogen and oxygen atoms in total. The van der Waals surface area contributed by atoms with Crippen molar-refractivity contribution in [2.75, 3.05) is 5.32 Å². The van der Waals surface area contributed by atoms with E-state index >= 15 is 0 Å². The topological polar surface area (TPSA) is 12.0 Å². The maximum Gasteiger partial charge on any atom is 0.139 e. The first-order chi connectivity index (χ1) is 8.54. The summed E-state index contributed by atoms with van der Waals surface area (Å²) in [7, 11) is 0. The number of benzene rings is 2. The van der Waals surface area contributed by atoms with Gasteiger partial charge in [-0.2, -0.15) is 0 Å². The molecular formula is C13H9Br2F2N. The van der Waals surface area contributed by atoms with E-state index in [4.69, 9.17) is 0 Å². The lowest BCUT2D eigenvalue weighted by Gasteiger charge is -2.08. The van der Waals surface area contributed by atoms with E-state index < -0.39 is 0 Å². The predicted molar refractivity (Wildman–Crippen MR) is 75.5 cm³/mol. The van der Waals surface area contributed by atoms with E-state index in [1.807, 2.05) is 6.07 Å². The summed E-state index contributed by atoms with van der Waals surface area (Å²) in [5, 5.41) is 3.04. The van der Waals surface area contributed by atoms with Gasteiger partial charge in [-0.3, -0.25) is 0 Å². The second-order valence-corrected chi connectivity index (χ2v) is 5.53. The van der Waals surface area contributed by atoms with Crippen LogP contribution in [0.1, 0.15) is 5.56 Å². The highest BCUT2D eigenvalue weighted by Gasteiger charge is 2.02. The molecule has 0 aliphatic rings. The number of anilines is 1. The zero-order chi connectivity index (χ0) is 13.1. The summed E-state index contributed by atoms with van der Waals surface area (Å²) in [6, 6.07) is 9.40. The molecule has 2 aromatic carbocycles. The molecule has 0 bridgehead atoms. The molecule has 0 unspecified atom stereocenters. The van der Waals surface area contributed by atoms with Gasteiger partial charge in [0.2, 0.25) is 0 Å². The Morgan fingerprint density at radius 3 is 2.44 bits per heavy atom. The third-order valence-electron chi connectivity index (χ3n) is 2.34. The predicted octanol–water partition coefficient (Wildman–Crippen LogP) is 5.10. The van der Waals surface area contributed by atoms with Gasteiger partial charge in [0, 0.05) is 16.7 Å². The van der Waals surface area contributed by atoms with Crippen LogP contribution in [0.15, 0.2) is 45.3 Å². The van der Waals surface area contributed by atoms with E-state index in [2.05, 4.69) is 37.2 Å². The molecule has 1 N–H and O–H groups in total. The van der Waals surface area contributed by atoms with Crippen molar-refractivity contribution < 1.29 is 8.78 Å². The molecule has 0 aliphatic heterocycles. The van der Waals surface area contributed by atoms with Crippen LogP contribution in [0.5, 0.6) is 0 Å². The molecule has 2 rings (SSSR count). The van der Waals surface area contributed by atoms with Gasteiger partial charge in [-0.1, -0.05) is 15.9 Å². The summed E-state index contributed by atoms with van der Waals surface area (Å²) >= 11 is 6.31. The lowest BCUT2D eigenvalue weighted by atomic mass is 10.2. The molecule has 0 amide bonds. The SMILES string of the molecule is Fc1cc(Br)cc(CNc2ccc(Br)c(F)c2)c1. The third kappa shape index (κ3) is 3.53. The highest BCUT2D eigenvalue weighted by molar-refractivity contribution is 9.10. The van der Waals surface area contributed by atoms with Crippen molar-refractivity contribution in [1.29, 1.82) is 0 Å². The Kier molecular flexibility index (Phi) is 4.35. The fraction of sp³-hybridized carbons (Fsp3) is 0.0769. The van der Waals surface area contributed by atoms with Crippen LogP contribution in [0.4, 0.5) is 14.5 Å². The zero-order valence-electron chi connectivity index (χ0n) is 9.18. The minimum absolute atomic E-state index is 0.303. The summed E-state index contributed by atoms with van der Waals surface area (Å²) in [5.41, 5.74) is 1.43. The van der Waals surface area contributed by atoms with Crippen molar-refractivity contribution in [2.45, 2.75) is 6.54 Å². The molecule has 2 aromatic rings. The lowest BCUT2D eigenvalue weighted by Crippen LogP contribution is -2.00. The molecule has 94 valence electrons. The molecule has 0 heterocycles. The Bertz CT molecular complexity index is 553. The van der Waals surface area contributed by atoms with Crippen LogP contribution in [0.2, 0.25) is 0 Å². The van der Waals surface area contributed by atoms with Crippen LogP contribution in [0, 0.1) is 11.6 Å². The van der Waals surface area contributed by atoms with Gasteiger partial charge in [0.25, 0.3) is 0 Å². The summed E-state index contributed by atoms with van der Waals surface area (Å²) in [5.74, 6) is -0.636. The van der Waals surface area contributed by atoms with Gasteiger partial charge in [0.15, 0.2) is 0 Å². The zero-order valence-corrected chi connectivity index (χ0v) is 12.4. The molecule has 0 aliphatic carbocycles. The number of hydrogen-bond acceptors (Lipinski definition) is 1. The Hall–Kier alpha value is -0.940. The van der Waals surface area contributed by atoms with Gasteiger partial charge in [-0.25, -0.2) is 8.78 Å². The smallest absolute Gasteiger partial charge is 0.139 e. The minimum atomic E-state index is -0.333. The Balaban J connectivity index is 2.08. The van der Waals surface area contributed by atoms with E-state index in [1.54, 1.807) is 12.1 Å². The fourth-order valence-corrected chi connectivity index (χ4v) is 2.28. The molecule has 0 atom stereocenters. The van der Waals surface area contributed by atoms with Gasteiger partial charge in [0.05, 0.1) is 4.47 Å². The molecular weight excluding hydrogens is 368 g/mol. The van der Waals surface area contributed by atoms with Crippen LogP contribution >= 0.6 is 31.9 Å². The quantitative estimate of drug-likeness (QED) is 0.785.